The fourth-order valence-corrected chi connectivity index (χ4v) is 2.17. The van der Waals surface area contributed by atoms with Gasteiger partial charge >= 0.3 is 0 Å². The molecule has 0 radical (unpaired) electrons. The zero-order chi connectivity index (χ0) is 14.7. The minimum absolute atomic E-state index is 0.218. The molecule has 0 N–H and O–H groups in total. The lowest BCUT2D eigenvalue weighted by atomic mass is 10.0. The fourth-order valence-electron chi connectivity index (χ4n) is 1.96. The van der Waals surface area contributed by atoms with E-state index in [1.165, 1.54) is 17.7 Å². The zero-order valence-electron chi connectivity index (χ0n) is 11.9. The second-order valence-electron chi connectivity index (χ2n) is 5.17. The van der Waals surface area contributed by atoms with Crippen LogP contribution in [0.2, 0.25) is 0 Å². The molecule has 0 fully saturated rings. The predicted octanol–water partition coefficient (Wildman–Crippen LogP) is 5.79. The molecule has 0 amide bonds. The number of benzene rings is 2. The van der Waals surface area contributed by atoms with Crippen molar-refractivity contribution in [1.82, 2.24) is 0 Å². The van der Waals surface area contributed by atoms with Gasteiger partial charge in [0.05, 0.1) is 5.88 Å². The van der Waals surface area contributed by atoms with Crippen LogP contribution in [-0.4, -0.2) is 0 Å². The highest BCUT2D eigenvalue weighted by Crippen LogP contribution is 2.31. The number of ether oxygens (including phenoxy) is 1. The average molecular weight is 293 g/mol. The van der Waals surface area contributed by atoms with Crippen molar-refractivity contribution in [1.29, 1.82) is 0 Å². The van der Waals surface area contributed by atoms with E-state index < -0.39 is 0 Å². The van der Waals surface area contributed by atoms with Crippen molar-refractivity contribution in [3.8, 4) is 11.5 Å². The Morgan fingerprint density at radius 3 is 2.50 bits per heavy atom. The van der Waals surface area contributed by atoms with Crippen molar-refractivity contribution in [3.05, 3.63) is 58.9 Å². The van der Waals surface area contributed by atoms with Crippen molar-refractivity contribution in [2.75, 3.05) is 0 Å². The summed E-state index contributed by atoms with van der Waals surface area (Å²) in [6.07, 6.45) is 0. The van der Waals surface area contributed by atoms with Gasteiger partial charge in [-0.05, 0) is 48.2 Å². The van der Waals surface area contributed by atoms with Gasteiger partial charge in [0.15, 0.2) is 0 Å². The van der Waals surface area contributed by atoms with Crippen LogP contribution in [0.25, 0.3) is 0 Å². The van der Waals surface area contributed by atoms with Crippen molar-refractivity contribution in [2.24, 2.45) is 0 Å². The summed E-state index contributed by atoms with van der Waals surface area (Å²) in [6.45, 7) is 6.26. The second-order valence-corrected chi connectivity index (χ2v) is 5.43. The Morgan fingerprint density at radius 1 is 1.10 bits per heavy atom. The van der Waals surface area contributed by atoms with Gasteiger partial charge in [-0.1, -0.05) is 26.0 Å². The minimum atomic E-state index is -0.305. The normalized spacial score (nSPS) is 10.9. The van der Waals surface area contributed by atoms with E-state index in [1.54, 1.807) is 6.07 Å². The average Bonchev–Trinajstić information content (AvgIpc) is 2.42. The Bertz CT molecular complexity index is 608. The van der Waals surface area contributed by atoms with Gasteiger partial charge in [0.2, 0.25) is 0 Å². The Morgan fingerprint density at radius 2 is 1.85 bits per heavy atom. The standard InChI is InChI=1S/C17H18ClFO/c1-11(2)13-5-4-12(3)17(9-13)20-16-7-6-15(19)8-14(16)10-18/h4-9,11H,10H2,1-3H3. The molecule has 1 nitrogen and oxygen atoms in total. The summed E-state index contributed by atoms with van der Waals surface area (Å²) >= 11 is 5.85. The van der Waals surface area contributed by atoms with Crippen molar-refractivity contribution >= 4 is 11.6 Å². The summed E-state index contributed by atoms with van der Waals surface area (Å²) in [4.78, 5) is 0. The van der Waals surface area contributed by atoms with Gasteiger partial charge in [-0.15, -0.1) is 11.6 Å². The maximum absolute atomic E-state index is 13.2. The number of aryl methyl sites for hydroxylation is 1. The van der Waals surface area contributed by atoms with E-state index in [2.05, 4.69) is 19.9 Å². The molecular formula is C17H18ClFO. The molecule has 0 bridgehead atoms. The lowest BCUT2D eigenvalue weighted by Crippen LogP contribution is -1.95. The van der Waals surface area contributed by atoms with E-state index in [0.29, 0.717) is 17.2 Å². The topological polar surface area (TPSA) is 9.23 Å². The van der Waals surface area contributed by atoms with E-state index in [-0.39, 0.29) is 11.7 Å². The molecule has 3 heteroatoms. The number of hydrogen-bond donors (Lipinski definition) is 0. The van der Waals surface area contributed by atoms with Crippen LogP contribution in [-0.2, 0) is 5.88 Å². The fraction of sp³-hybridized carbons (Fsp3) is 0.294. The molecule has 0 saturated carbocycles. The van der Waals surface area contributed by atoms with Gasteiger partial charge in [0.1, 0.15) is 17.3 Å². The monoisotopic (exact) mass is 292 g/mol. The van der Waals surface area contributed by atoms with Crippen LogP contribution in [0, 0.1) is 12.7 Å². The highest BCUT2D eigenvalue weighted by Gasteiger charge is 2.09. The Labute approximate surface area is 124 Å². The molecule has 0 heterocycles. The molecule has 0 aliphatic rings. The van der Waals surface area contributed by atoms with Crippen molar-refractivity contribution in [3.63, 3.8) is 0 Å². The number of hydrogen-bond acceptors (Lipinski definition) is 1. The molecule has 0 unspecified atom stereocenters. The van der Waals surface area contributed by atoms with Crippen molar-refractivity contribution in [2.45, 2.75) is 32.6 Å². The highest BCUT2D eigenvalue weighted by atomic mass is 35.5. The van der Waals surface area contributed by atoms with E-state index in [1.807, 2.05) is 19.1 Å². The Hall–Kier alpha value is -1.54. The van der Waals surface area contributed by atoms with Crippen LogP contribution in [0.1, 0.15) is 36.5 Å². The Balaban J connectivity index is 2.36. The zero-order valence-corrected chi connectivity index (χ0v) is 12.7. The van der Waals surface area contributed by atoms with Crippen LogP contribution in [0.4, 0.5) is 4.39 Å². The minimum Gasteiger partial charge on any atom is -0.457 e. The summed E-state index contributed by atoms with van der Waals surface area (Å²) in [7, 11) is 0. The number of halogens is 2. The van der Waals surface area contributed by atoms with Crippen LogP contribution in [0.3, 0.4) is 0 Å². The van der Waals surface area contributed by atoms with Gasteiger partial charge in [0.25, 0.3) is 0 Å². The van der Waals surface area contributed by atoms with E-state index >= 15 is 0 Å². The molecule has 2 aromatic rings. The van der Waals surface area contributed by atoms with Gasteiger partial charge < -0.3 is 4.74 Å². The lowest BCUT2D eigenvalue weighted by Gasteiger charge is -2.14. The molecule has 0 atom stereocenters. The smallest absolute Gasteiger partial charge is 0.132 e. The second kappa shape index (κ2) is 6.27. The molecule has 0 aliphatic carbocycles. The van der Waals surface area contributed by atoms with E-state index in [9.17, 15) is 4.39 Å². The van der Waals surface area contributed by atoms with Gasteiger partial charge in [-0.2, -0.15) is 0 Å². The highest BCUT2D eigenvalue weighted by molar-refractivity contribution is 6.17. The summed E-state index contributed by atoms with van der Waals surface area (Å²) < 4.78 is 19.1. The SMILES string of the molecule is Cc1ccc(C(C)C)cc1Oc1ccc(F)cc1CCl. The summed E-state index contributed by atoms with van der Waals surface area (Å²) in [5.41, 5.74) is 2.90. The van der Waals surface area contributed by atoms with E-state index in [0.717, 1.165) is 11.3 Å². The maximum atomic E-state index is 13.2. The van der Waals surface area contributed by atoms with Crippen LogP contribution in [0.15, 0.2) is 36.4 Å². The summed E-state index contributed by atoms with van der Waals surface area (Å²) in [6, 6.07) is 10.6. The molecule has 106 valence electrons. The molecule has 2 aromatic carbocycles. The maximum Gasteiger partial charge on any atom is 0.132 e. The third-order valence-electron chi connectivity index (χ3n) is 3.27. The largest absolute Gasteiger partial charge is 0.457 e. The Kier molecular flexibility index (Phi) is 4.66. The summed E-state index contributed by atoms with van der Waals surface area (Å²) in [5, 5.41) is 0. The lowest BCUT2D eigenvalue weighted by molar-refractivity contribution is 0.471. The molecule has 0 spiro atoms. The van der Waals surface area contributed by atoms with E-state index in [4.69, 9.17) is 16.3 Å². The summed E-state index contributed by atoms with van der Waals surface area (Å²) in [5.74, 6) is 1.73. The first-order valence-corrected chi connectivity index (χ1v) is 7.17. The van der Waals surface area contributed by atoms with Crippen LogP contribution < -0.4 is 4.74 Å². The first-order chi connectivity index (χ1) is 9.51. The van der Waals surface area contributed by atoms with Crippen LogP contribution in [0.5, 0.6) is 11.5 Å². The first kappa shape index (κ1) is 14.9. The molecule has 20 heavy (non-hydrogen) atoms. The first-order valence-electron chi connectivity index (χ1n) is 6.64. The van der Waals surface area contributed by atoms with Gasteiger partial charge in [-0.3, -0.25) is 0 Å². The number of alkyl halides is 1. The molecule has 0 aliphatic heterocycles. The van der Waals surface area contributed by atoms with Crippen molar-refractivity contribution < 1.29 is 9.13 Å². The third kappa shape index (κ3) is 3.31. The van der Waals surface area contributed by atoms with Gasteiger partial charge in [-0.25, -0.2) is 4.39 Å². The molecule has 0 aromatic heterocycles. The predicted molar refractivity (Wildman–Crippen MR) is 81.3 cm³/mol. The molecule has 2 rings (SSSR count). The molecular weight excluding hydrogens is 275 g/mol. The third-order valence-corrected chi connectivity index (χ3v) is 3.55. The number of rotatable bonds is 4. The quantitative estimate of drug-likeness (QED) is 0.648. The molecule has 0 saturated heterocycles. The van der Waals surface area contributed by atoms with Gasteiger partial charge in [0, 0.05) is 5.56 Å². The van der Waals surface area contributed by atoms with Crippen LogP contribution >= 0.6 is 11.6 Å².